The third kappa shape index (κ3) is 5.12. The maximum absolute atomic E-state index is 12.3. The highest BCUT2D eigenvalue weighted by Gasteiger charge is 2.20. The lowest BCUT2D eigenvalue weighted by Gasteiger charge is -2.29. The van der Waals surface area contributed by atoms with Crippen molar-refractivity contribution in [1.82, 2.24) is 15.2 Å². The lowest BCUT2D eigenvalue weighted by molar-refractivity contribution is -0.117. The first kappa shape index (κ1) is 19.0. The zero-order valence-electron chi connectivity index (χ0n) is 15.0. The number of amides is 2. The van der Waals surface area contributed by atoms with Gasteiger partial charge in [-0.1, -0.05) is 13.0 Å². The van der Waals surface area contributed by atoms with Crippen molar-refractivity contribution in [2.45, 2.75) is 39.3 Å². The molecule has 1 aliphatic rings. The molecular weight excluding hydrogens is 368 g/mol. The van der Waals surface area contributed by atoms with Crippen molar-refractivity contribution in [2.75, 3.05) is 18.4 Å². The van der Waals surface area contributed by atoms with Gasteiger partial charge in [-0.2, -0.15) is 0 Å². The molecule has 0 spiro atoms. The third-order valence-corrected chi connectivity index (χ3v) is 6.20. The fourth-order valence-corrected chi connectivity index (χ4v) is 4.17. The first-order valence-corrected chi connectivity index (χ1v) is 10.6. The summed E-state index contributed by atoms with van der Waals surface area (Å²) < 4.78 is 0. The van der Waals surface area contributed by atoms with Crippen molar-refractivity contribution in [3.05, 3.63) is 33.5 Å². The van der Waals surface area contributed by atoms with Gasteiger partial charge in [0.25, 0.3) is 5.91 Å². The fraction of sp³-hybridized carbons (Fsp3) is 0.500. The van der Waals surface area contributed by atoms with E-state index >= 15 is 0 Å². The minimum Gasteiger partial charge on any atom is -0.340 e. The van der Waals surface area contributed by atoms with E-state index in [1.165, 1.54) is 35.5 Å². The number of thiophene rings is 1. The number of piperidine rings is 1. The van der Waals surface area contributed by atoms with Crippen LogP contribution in [0.1, 0.15) is 42.1 Å². The van der Waals surface area contributed by atoms with Gasteiger partial charge in [0, 0.05) is 11.9 Å². The minimum atomic E-state index is -0.625. The number of nitrogens with zero attached hydrogens (tertiary/aromatic N) is 2. The molecule has 1 saturated heterocycles. The predicted octanol–water partition coefficient (Wildman–Crippen LogP) is 3.19. The van der Waals surface area contributed by atoms with Crippen molar-refractivity contribution in [3.8, 4) is 0 Å². The number of likely N-dealkylation sites (tertiary alicyclic amines) is 1. The summed E-state index contributed by atoms with van der Waals surface area (Å²) in [6.45, 7) is 7.00. The average Bonchev–Trinajstić information content (AvgIpc) is 3.29. The van der Waals surface area contributed by atoms with Gasteiger partial charge in [0.15, 0.2) is 5.13 Å². The Balaban J connectivity index is 1.48. The molecule has 2 N–H and O–H groups in total. The van der Waals surface area contributed by atoms with Crippen LogP contribution in [0.15, 0.2) is 22.9 Å². The molecule has 3 heterocycles. The molecule has 6 nitrogen and oxygen atoms in total. The van der Waals surface area contributed by atoms with E-state index in [2.05, 4.69) is 27.4 Å². The summed E-state index contributed by atoms with van der Waals surface area (Å²) in [4.78, 5) is 31.8. The highest BCUT2D eigenvalue weighted by atomic mass is 32.1. The quantitative estimate of drug-likeness (QED) is 0.792. The van der Waals surface area contributed by atoms with Gasteiger partial charge in [0.1, 0.15) is 6.04 Å². The van der Waals surface area contributed by atoms with Crippen LogP contribution in [-0.4, -0.2) is 40.8 Å². The van der Waals surface area contributed by atoms with Crippen LogP contribution in [-0.2, 0) is 11.3 Å². The van der Waals surface area contributed by atoms with E-state index in [1.54, 1.807) is 13.0 Å². The van der Waals surface area contributed by atoms with Gasteiger partial charge in [0.05, 0.1) is 10.6 Å². The molecule has 1 unspecified atom stereocenters. The number of rotatable bonds is 6. The van der Waals surface area contributed by atoms with E-state index in [0.717, 1.165) is 31.2 Å². The molecular formula is C18H24N4O2S2. The summed E-state index contributed by atoms with van der Waals surface area (Å²) >= 11 is 2.77. The second-order valence-corrected chi connectivity index (χ2v) is 8.57. The molecule has 0 saturated carbocycles. The van der Waals surface area contributed by atoms with Gasteiger partial charge in [0.2, 0.25) is 5.91 Å². The smallest absolute Gasteiger partial charge is 0.261 e. The number of anilines is 1. The fourth-order valence-electron chi connectivity index (χ4n) is 2.84. The summed E-state index contributed by atoms with van der Waals surface area (Å²) in [5, 5.41) is 9.90. The summed E-state index contributed by atoms with van der Waals surface area (Å²) in [7, 11) is 0. The van der Waals surface area contributed by atoms with Gasteiger partial charge in [-0.25, -0.2) is 4.98 Å². The van der Waals surface area contributed by atoms with E-state index in [9.17, 15) is 9.59 Å². The van der Waals surface area contributed by atoms with E-state index in [0.29, 0.717) is 10.0 Å². The molecule has 2 aromatic rings. The zero-order valence-corrected chi connectivity index (χ0v) is 16.7. The van der Waals surface area contributed by atoms with Crippen molar-refractivity contribution in [1.29, 1.82) is 0 Å². The van der Waals surface area contributed by atoms with Crippen LogP contribution in [0.4, 0.5) is 5.13 Å². The Morgan fingerprint density at radius 1 is 1.35 bits per heavy atom. The van der Waals surface area contributed by atoms with Crippen molar-refractivity contribution < 1.29 is 9.59 Å². The lowest BCUT2D eigenvalue weighted by atomic mass is 9.99. The van der Waals surface area contributed by atoms with E-state index < -0.39 is 6.04 Å². The second-order valence-electron chi connectivity index (χ2n) is 6.76. The Morgan fingerprint density at radius 2 is 2.12 bits per heavy atom. The maximum atomic E-state index is 12.3. The van der Waals surface area contributed by atoms with E-state index in [-0.39, 0.29) is 11.8 Å². The topological polar surface area (TPSA) is 74.3 Å². The Kier molecular flexibility index (Phi) is 6.39. The Labute approximate surface area is 161 Å². The molecule has 0 aromatic carbocycles. The summed E-state index contributed by atoms with van der Waals surface area (Å²) in [6, 6.07) is 2.92. The van der Waals surface area contributed by atoms with Crippen LogP contribution in [0, 0.1) is 5.92 Å². The van der Waals surface area contributed by atoms with Crippen molar-refractivity contribution in [2.24, 2.45) is 5.92 Å². The van der Waals surface area contributed by atoms with E-state index in [1.807, 2.05) is 16.8 Å². The highest BCUT2D eigenvalue weighted by molar-refractivity contribution is 7.14. The molecule has 2 aromatic heterocycles. The summed E-state index contributed by atoms with van der Waals surface area (Å²) in [5.74, 6) is 0.312. The van der Waals surface area contributed by atoms with Crippen LogP contribution >= 0.6 is 22.7 Å². The normalized spacial score (nSPS) is 17.0. The number of thiazole rings is 1. The average molecular weight is 393 g/mol. The molecule has 8 heteroatoms. The first-order chi connectivity index (χ1) is 12.5. The Bertz CT molecular complexity index is 736. The van der Waals surface area contributed by atoms with Crippen LogP contribution in [0.2, 0.25) is 0 Å². The summed E-state index contributed by atoms with van der Waals surface area (Å²) in [6.07, 6.45) is 2.46. The second kappa shape index (κ2) is 8.75. The van der Waals surface area contributed by atoms with Gasteiger partial charge >= 0.3 is 0 Å². The molecule has 0 bridgehead atoms. The number of nitrogens with one attached hydrogen (secondary N) is 2. The molecule has 1 fully saturated rings. The van der Waals surface area contributed by atoms with Crippen LogP contribution in [0.25, 0.3) is 0 Å². The Hall–Kier alpha value is -1.77. The third-order valence-electron chi connectivity index (χ3n) is 4.53. The van der Waals surface area contributed by atoms with Gasteiger partial charge < -0.3 is 10.6 Å². The minimum absolute atomic E-state index is 0.234. The number of hydrogen-bond acceptors (Lipinski definition) is 6. The molecule has 26 heavy (non-hydrogen) atoms. The monoisotopic (exact) mass is 392 g/mol. The highest BCUT2D eigenvalue weighted by Crippen LogP contribution is 2.21. The van der Waals surface area contributed by atoms with Gasteiger partial charge in [-0.05, 0) is 50.2 Å². The summed E-state index contributed by atoms with van der Waals surface area (Å²) in [5.41, 5.74) is 0.982. The van der Waals surface area contributed by atoms with Crippen LogP contribution in [0.3, 0.4) is 0 Å². The standard InChI is InChI=1S/C18H24N4O2S2/c1-12-5-7-22(8-6-12)10-14-11-26-18(20-14)21-16(23)13(2)19-17(24)15-4-3-9-25-15/h3-4,9,11-13H,5-8,10H2,1-2H3,(H,19,24)(H,20,21,23). The number of hydrogen-bond donors (Lipinski definition) is 2. The van der Waals surface area contributed by atoms with Gasteiger partial charge in [-0.3, -0.25) is 14.5 Å². The maximum Gasteiger partial charge on any atom is 0.261 e. The number of carbonyl (C=O) groups excluding carboxylic acids is 2. The molecule has 2 amide bonds. The molecule has 3 rings (SSSR count). The van der Waals surface area contributed by atoms with Crippen LogP contribution in [0.5, 0.6) is 0 Å². The van der Waals surface area contributed by atoms with Crippen LogP contribution < -0.4 is 10.6 Å². The Morgan fingerprint density at radius 3 is 2.81 bits per heavy atom. The van der Waals surface area contributed by atoms with Gasteiger partial charge in [-0.15, -0.1) is 22.7 Å². The first-order valence-electron chi connectivity index (χ1n) is 8.83. The van der Waals surface area contributed by atoms with E-state index in [4.69, 9.17) is 0 Å². The SMILES string of the molecule is CC1CCN(Cc2csc(NC(=O)C(C)NC(=O)c3cccs3)n2)CC1. The van der Waals surface area contributed by atoms with Crippen molar-refractivity contribution in [3.63, 3.8) is 0 Å². The molecule has 0 radical (unpaired) electrons. The number of aromatic nitrogens is 1. The zero-order chi connectivity index (χ0) is 18.5. The molecule has 1 atom stereocenters. The largest absolute Gasteiger partial charge is 0.340 e. The predicted molar refractivity (Wildman–Crippen MR) is 106 cm³/mol. The van der Waals surface area contributed by atoms with Crippen molar-refractivity contribution >= 4 is 39.6 Å². The number of carbonyl (C=O) groups is 2. The molecule has 140 valence electrons. The molecule has 0 aliphatic carbocycles. The molecule has 1 aliphatic heterocycles. The lowest BCUT2D eigenvalue weighted by Crippen LogP contribution is -2.41.